The predicted molar refractivity (Wildman–Crippen MR) is 104 cm³/mol. The Bertz CT molecular complexity index is 899. The SMILES string of the molecule is CNc1ccc(C)c(-n2cc(-c3cncc(N4CCOCC4)c3)cn2)c1. The number of pyridine rings is 1. The summed E-state index contributed by atoms with van der Waals surface area (Å²) in [5.74, 6) is 0. The van der Waals surface area contributed by atoms with Crippen molar-refractivity contribution in [3.8, 4) is 16.8 Å². The highest BCUT2D eigenvalue weighted by Crippen LogP contribution is 2.26. The number of aryl methyl sites for hydroxylation is 1. The van der Waals surface area contributed by atoms with Gasteiger partial charge in [-0.15, -0.1) is 0 Å². The Morgan fingerprint density at radius 3 is 2.69 bits per heavy atom. The number of anilines is 2. The van der Waals surface area contributed by atoms with Gasteiger partial charge in [0.15, 0.2) is 0 Å². The fraction of sp³-hybridized carbons (Fsp3) is 0.300. The van der Waals surface area contributed by atoms with Crippen LogP contribution in [-0.4, -0.2) is 48.1 Å². The molecule has 1 fully saturated rings. The lowest BCUT2D eigenvalue weighted by Gasteiger charge is -2.28. The van der Waals surface area contributed by atoms with E-state index in [1.54, 1.807) is 0 Å². The Balaban J connectivity index is 1.64. The molecule has 0 bridgehead atoms. The Morgan fingerprint density at radius 2 is 1.88 bits per heavy atom. The molecular weight excluding hydrogens is 326 g/mol. The van der Waals surface area contributed by atoms with Gasteiger partial charge in [0.05, 0.1) is 37.0 Å². The van der Waals surface area contributed by atoms with Crippen molar-refractivity contribution in [2.24, 2.45) is 0 Å². The Morgan fingerprint density at radius 1 is 1.04 bits per heavy atom. The zero-order chi connectivity index (χ0) is 17.9. The molecule has 2 aromatic heterocycles. The van der Waals surface area contributed by atoms with E-state index < -0.39 is 0 Å². The maximum Gasteiger partial charge on any atom is 0.0695 e. The minimum absolute atomic E-state index is 0.767. The molecule has 6 nitrogen and oxygen atoms in total. The van der Waals surface area contributed by atoms with Gasteiger partial charge in [0.1, 0.15) is 0 Å². The summed E-state index contributed by atoms with van der Waals surface area (Å²) in [4.78, 5) is 6.74. The maximum absolute atomic E-state index is 5.44. The Kier molecular flexibility index (Phi) is 4.58. The van der Waals surface area contributed by atoms with E-state index in [4.69, 9.17) is 4.74 Å². The maximum atomic E-state index is 5.44. The molecule has 3 aromatic rings. The topological polar surface area (TPSA) is 55.2 Å². The van der Waals surface area contributed by atoms with E-state index in [1.165, 1.54) is 5.56 Å². The highest BCUT2D eigenvalue weighted by atomic mass is 16.5. The van der Waals surface area contributed by atoms with Gasteiger partial charge in [0.25, 0.3) is 0 Å². The molecule has 1 aliphatic rings. The fourth-order valence-electron chi connectivity index (χ4n) is 3.20. The Labute approximate surface area is 153 Å². The summed E-state index contributed by atoms with van der Waals surface area (Å²) < 4.78 is 7.36. The van der Waals surface area contributed by atoms with Crippen molar-refractivity contribution in [1.29, 1.82) is 0 Å². The van der Waals surface area contributed by atoms with Crippen LogP contribution >= 0.6 is 0 Å². The summed E-state index contributed by atoms with van der Waals surface area (Å²) in [6.07, 6.45) is 7.76. The van der Waals surface area contributed by atoms with Crippen LogP contribution in [0.3, 0.4) is 0 Å². The van der Waals surface area contributed by atoms with Crippen molar-refractivity contribution in [3.63, 3.8) is 0 Å². The highest BCUT2D eigenvalue weighted by Gasteiger charge is 2.13. The summed E-state index contributed by atoms with van der Waals surface area (Å²) in [7, 11) is 1.92. The number of hydrogen-bond acceptors (Lipinski definition) is 5. The van der Waals surface area contributed by atoms with Crippen LogP contribution in [0.1, 0.15) is 5.56 Å². The molecule has 0 spiro atoms. The molecule has 6 heteroatoms. The molecule has 0 radical (unpaired) electrons. The average molecular weight is 349 g/mol. The summed E-state index contributed by atoms with van der Waals surface area (Å²) in [5, 5.41) is 7.75. The second-order valence-corrected chi connectivity index (χ2v) is 6.46. The van der Waals surface area contributed by atoms with Gasteiger partial charge >= 0.3 is 0 Å². The van der Waals surface area contributed by atoms with Gasteiger partial charge in [0.2, 0.25) is 0 Å². The van der Waals surface area contributed by atoms with Crippen LogP contribution in [0.5, 0.6) is 0 Å². The molecule has 1 N–H and O–H groups in total. The van der Waals surface area contributed by atoms with E-state index in [2.05, 4.69) is 57.7 Å². The summed E-state index contributed by atoms with van der Waals surface area (Å²) >= 11 is 0. The van der Waals surface area contributed by atoms with Crippen LogP contribution in [0, 0.1) is 6.92 Å². The van der Waals surface area contributed by atoms with E-state index >= 15 is 0 Å². The number of aromatic nitrogens is 3. The Hall–Kier alpha value is -2.86. The van der Waals surface area contributed by atoms with Gasteiger partial charge in [-0.2, -0.15) is 5.10 Å². The van der Waals surface area contributed by atoms with E-state index in [9.17, 15) is 0 Å². The number of ether oxygens (including phenoxy) is 1. The van der Waals surface area contributed by atoms with Gasteiger partial charge in [-0.3, -0.25) is 4.98 Å². The minimum atomic E-state index is 0.767. The molecule has 0 amide bonds. The van der Waals surface area contributed by atoms with Crippen molar-refractivity contribution in [3.05, 3.63) is 54.6 Å². The number of rotatable bonds is 4. The van der Waals surface area contributed by atoms with Crippen LogP contribution in [0.15, 0.2) is 49.1 Å². The van der Waals surface area contributed by atoms with Crippen LogP contribution in [-0.2, 0) is 4.74 Å². The molecule has 1 saturated heterocycles. The van der Waals surface area contributed by atoms with E-state index in [0.717, 1.165) is 54.5 Å². The number of nitrogens with zero attached hydrogens (tertiary/aromatic N) is 4. The first-order chi connectivity index (χ1) is 12.7. The van der Waals surface area contributed by atoms with Gasteiger partial charge in [-0.25, -0.2) is 4.68 Å². The number of nitrogens with one attached hydrogen (secondary N) is 1. The quantitative estimate of drug-likeness (QED) is 0.784. The van der Waals surface area contributed by atoms with Crippen LogP contribution in [0.4, 0.5) is 11.4 Å². The standard InChI is InChI=1S/C20H23N5O/c1-15-3-4-18(21-2)10-20(15)25-14-17(12-23-25)16-9-19(13-22-11-16)24-5-7-26-8-6-24/h3-4,9-14,21H,5-8H2,1-2H3. The first kappa shape index (κ1) is 16.6. The van der Waals surface area contributed by atoms with Crippen molar-refractivity contribution >= 4 is 11.4 Å². The lowest BCUT2D eigenvalue weighted by Crippen LogP contribution is -2.36. The van der Waals surface area contributed by atoms with Crippen molar-refractivity contribution < 1.29 is 4.74 Å². The molecule has 3 heterocycles. The molecule has 1 aliphatic heterocycles. The molecule has 0 aliphatic carbocycles. The molecule has 0 unspecified atom stereocenters. The first-order valence-corrected chi connectivity index (χ1v) is 8.86. The molecule has 4 rings (SSSR count). The molecule has 0 atom stereocenters. The lowest BCUT2D eigenvalue weighted by atomic mass is 10.1. The third kappa shape index (κ3) is 3.28. The summed E-state index contributed by atoms with van der Waals surface area (Å²) in [5.41, 5.74) is 6.58. The fourth-order valence-corrected chi connectivity index (χ4v) is 3.20. The van der Waals surface area contributed by atoms with Gasteiger partial charge < -0.3 is 15.0 Å². The monoisotopic (exact) mass is 349 g/mol. The van der Waals surface area contributed by atoms with Gasteiger partial charge in [-0.1, -0.05) is 6.07 Å². The smallest absolute Gasteiger partial charge is 0.0695 e. The second-order valence-electron chi connectivity index (χ2n) is 6.46. The van der Waals surface area contributed by atoms with Gasteiger partial charge in [-0.05, 0) is 30.7 Å². The normalized spacial score (nSPS) is 14.5. The van der Waals surface area contributed by atoms with Crippen molar-refractivity contribution in [1.82, 2.24) is 14.8 Å². The third-order valence-corrected chi connectivity index (χ3v) is 4.76. The second kappa shape index (κ2) is 7.17. The summed E-state index contributed by atoms with van der Waals surface area (Å²) in [6.45, 7) is 5.43. The van der Waals surface area contributed by atoms with E-state index in [-0.39, 0.29) is 0 Å². The zero-order valence-corrected chi connectivity index (χ0v) is 15.1. The molecule has 1 aromatic carbocycles. The number of hydrogen-bond donors (Lipinski definition) is 1. The van der Waals surface area contributed by atoms with Gasteiger partial charge in [0, 0.05) is 49.3 Å². The third-order valence-electron chi connectivity index (χ3n) is 4.76. The van der Waals surface area contributed by atoms with E-state index in [1.807, 2.05) is 30.3 Å². The molecular formula is C20H23N5O. The highest BCUT2D eigenvalue weighted by molar-refractivity contribution is 5.67. The minimum Gasteiger partial charge on any atom is -0.388 e. The molecule has 134 valence electrons. The average Bonchev–Trinajstić information content (AvgIpc) is 3.19. The largest absolute Gasteiger partial charge is 0.388 e. The number of morpholine rings is 1. The zero-order valence-electron chi connectivity index (χ0n) is 15.1. The molecule has 26 heavy (non-hydrogen) atoms. The van der Waals surface area contributed by atoms with E-state index in [0.29, 0.717) is 0 Å². The van der Waals surface area contributed by atoms with Crippen molar-refractivity contribution in [2.75, 3.05) is 43.6 Å². The van der Waals surface area contributed by atoms with Crippen molar-refractivity contribution in [2.45, 2.75) is 6.92 Å². The molecule has 0 saturated carbocycles. The lowest BCUT2D eigenvalue weighted by molar-refractivity contribution is 0.122. The summed E-state index contributed by atoms with van der Waals surface area (Å²) in [6, 6.07) is 8.45. The van der Waals surface area contributed by atoms with Crippen LogP contribution in [0.25, 0.3) is 16.8 Å². The number of benzene rings is 1. The predicted octanol–water partition coefficient (Wildman–Crippen LogP) is 3.12. The van der Waals surface area contributed by atoms with Crippen LogP contribution in [0.2, 0.25) is 0 Å². The van der Waals surface area contributed by atoms with Crippen LogP contribution < -0.4 is 10.2 Å². The first-order valence-electron chi connectivity index (χ1n) is 8.86.